The van der Waals surface area contributed by atoms with Crippen LogP contribution in [0.15, 0.2) is 28.0 Å². The second kappa shape index (κ2) is 4.95. The Labute approximate surface area is 130 Å². The van der Waals surface area contributed by atoms with Crippen molar-refractivity contribution in [3.63, 3.8) is 0 Å². The van der Waals surface area contributed by atoms with Crippen LogP contribution in [0.5, 0.6) is 0 Å². The van der Waals surface area contributed by atoms with E-state index in [9.17, 15) is 13.2 Å². The van der Waals surface area contributed by atoms with Crippen molar-refractivity contribution >= 4 is 26.0 Å². The highest BCUT2D eigenvalue weighted by Crippen LogP contribution is 2.80. The molecular weight excluding hydrogens is 317 g/mol. The second-order valence-corrected chi connectivity index (χ2v) is 10.5. The summed E-state index contributed by atoms with van der Waals surface area (Å²) in [7, 11) is 2.78. The predicted molar refractivity (Wildman–Crippen MR) is 85.7 cm³/mol. The fourth-order valence-electron chi connectivity index (χ4n) is 2.47. The van der Waals surface area contributed by atoms with E-state index in [1.165, 1.54) is 0 Å². The Balaban J connectivity index is 2.70. The normalized spacial score (nSPS) is 25.5. The molecule has 2 rings (SSSR count). The van der Waals surface area contributed by atoms with Crippen molar-refractivity contribution in [1.82, 2.24) is 0 Å². The topological polar surface area (TPSA) is 0 Å². The molecule has 0 radical (unpaired) electrons. The molecule has 118 valence electrons. The van der Waals surface area contributed by atoms with Gasteiger partial charge in [0, 0.05) is 4.90 Å². The van der Waals surface area contributed by atoms with Crippen LogP contribution in [0.4, 0.5) is 13.2 Å². The van der Waals surface area contributed by atoms with Crippen molar-refractivity contribution in [2.45, 2.75) is 50.4 Å². The van der Waals surface area contributed by atoms with Crippen LogP contribution in [0.1, 0.15) is 45.7 Å². The lowest BCUT2D eigenvalue weighted by molar-refractivity contribution is -0.0360. The summed E-state index contributed by atoms with van der Waals surface area (Å²) in [6.45, 7) is 9.48. The quantitative estimate of drug-likeness (QED) is 0.527. The van der Waals surface area contributed by atoms with Crippen LogP contribution in [0.25, 0.3) is 6.08 Å². The summed E-state index contributed by atoms with van der Waals surface area (Å²) in [5.74, 6) is -0.232. The Morgan fingerprint density at radius 2 is 1.67 bits per heavy atom. The molecule has 0 nitrogen and oxygen atoms in total. The van der Waals surface area contributed by atoms with Gasteiger partial charge in [-0.3, -0.25) is 0 Å². The second-order valence-electron chi connectivity index (χ2n) is 6.69. The fourth-order valence-corrected chi connectivity index (χ4v) is 5.99. The lowest BCUT2D eigenvalue weighted by Gasteiger charge is -2.36. The first-order valence-corrected chi connectivity index (χ1v) is 9.30. The molecule has 1 atom stereocenters. The maximum atomic E-state index is 13.7. The van der Waals surface area contributed by atoms with Gasteiger partial charge in [-0.05, 0) is 59.4 Å². The van der Waals surface area contributed by atoms with Crippen LogP contribution in [0, 0.1) is 5.92 Å². The minimum absolute atomic E-state index is 0.210. The van der Waals surface area contributed by atoms with Crippen LogP contribution >= 0.6 is 19.9 Å². The van der Waals surface area contributed by atoms with Gasteiger partial charge >= 0.3 is 5.51 Å². The van der Waals surface area contributed by atoms with Gasteiger partial charge in [-0.1, -0.05) is 46.8 Å². The highest BCUT2D eigenvalue weighted by molar-refractivity contribution is 8.54. The number of hydrogen-bond donors (Lipinski definition) is 0. The summed E-state index contributed by atoms with van der Waals surface area (Å²) >= 11 is 0. The van der Waals surface area contributed by atoms with Crippen LogP contribution < -0.4 is 0 Å². The minimum Gasteiger partial charge on any atom is -0.160 e. The molecule has 1 heterocycles. The van der Waals surface area contributed by atoms with E-state index < -0.39 is 14.7 Å². The van der Waals surface area contributed by atoms with Crippen molar-refractivity contribution < 1.29 is 13.2 Å². The third-order valence-electron chi connectivity index (χ3n) is 3.69. The van der Waals surface area contributed by atoms with E-state index in [2.05, 4.69) is 0 Å². The van der Waals surface area contributed by atoms with Crippen molar-refractivity contribution in [2.24, 2.45) is 5.92 Å². The molecule has 0 amide bonds. The van der Waals surface area contributed by atoms with Gasteiger partial charge in [0.25, 0.3) is 0 Å². The molecule has 1 aromatic carbocycles. The average Bonchev–Trinajstić information content (AvgIpc) is 2.62. The number of hydrogen-bond acceptors (Lipinski definition) is 0. The van der Waals surface area contributed by atoms with E-state index in [0.717, 1.165) is 5.56 Å². The van der Waals surface area contributed by atoms with Crippen LogP contribution in [-0.2, 0) is 5.41 Å². The van der Waals surface area contributed by atoms with Gasteiger partial charge in [-0.25, -0.2) is 0 Å². The number of rotatable bonds is 1. The van der Waals surface area contributed by atoms with Crippen molar-refractivity contribution in [1.29, 1.82) is 0 Å². The van der Waals surface area contributed by atoms with Gasteiger partial charge < -0.3 is 0 Å². The molecule has 0 aliphatic carbocycles. The highest BCUT2D eigenvalue weighted by Gasteiger charge is 2.56. The Kier molecular flexibility index (Phi) is 3.95. The molecule has 5 heteroatoms. The maximum absolute atomic E-state index is 13.7. The van der Waals surface area contributed by atoms with Crippen LogP contribution in [-0.4, -0.2) is 5.51 Å². The molecular formula is C16H20ClF3S. The largest absolute Gasteiger partial charge is 0.445 e. The molecule has 0 spiro atoms. The monoisotopic (exact) mass is 336 g/mol. The molecule has 0 N–H and O–H groups in total. The average molecular weight is 337 g/mol. The minimum atomic E-state index is -4.44. The Morgan fingerprint density at radius 3 is 2.10 bits per heavy atom. The van der Waals surface area contributed by atoms with Gasteiger partial charge in [0.15, 0.2) is 0 Å². The first kappa shape index (κ1) is 16.8. The molecule has 1 unspecified atom stereocenters. The zero-order valence-corrected chi connectivity index (χ0v) is 14.4. The van der Waals surface area contributed by atoms with E-state index in [1.807, 2.05) is 26.8 Å². The smallest absolute Gasteiger partial charge is 0.160 e. The number of fused-ring (bicyclic) bond motifs is 1. The number of benzene rings is 1. The van der Waals surface area contributed by atoms with Gasteiger partial charge in [0.1, 0.15) is 0 Å². The van der Waals surface area contributed by atoms with Crippen LogP contribution in [0.2, 0.25) is 0 Å². The Hall–Kier alpha value is -0.610. The van der Waals surface area contributed by atoms with E-state index >= 15 is 0 Å². The van der Waals surface area contributed by atoms with Gasteiger partial charge in [-0.2, -0.15) is 13.2 Å². The summed E-state index contributed by atoms with van der Waals surface area (Å²) in [4.78, 5) is 0.547. The molecule has 1 aliphatic heterocycles. The van der Waals surface area contributed by atoms with Crippen molar-refractivity contribution in [2.75, 3.05) is 0 Å². The van der Waals surface area contributed by atoms with Crippen LogP contribution in [0.3, 0.4) is 0 Å². The highest BCUT2D eigenvalue weighted by atomic mass is 35.7. The standard InChI is InChI=1S/C16H20ClF3S/c1-10(2)13-8-11-6-7-12(15(3,4)5)9-14(11)21(13,17)16(18,19)20/h6-10H,1-5H3. The number of allylic oxidation sites excluding steroid dienone is 1. The summed E-state index contributed by atoms with van der Waals surface area (Å²) in [6, 6.07) is 5.31. The molecule has 1 aromatic rings. The summed E-state index contributed by atoms with van der Waals surface area (Å²) in [5, 5.41) is 0. The fraction of sp³-hybridized carbons (Fsp3) is 0.500. The molecule has 21 heavy (non-hydrogen) atoms. The Bertz CT molecular complexity index is 597. The molecule has 1 aliphatic rings. The van der Waals surface area contributed by atoms with Gasteiger partial charge in [-0.15, -0.1) is 0 Å². The molecule has 0 saturated carbocycles. The summed E-state index contributed by atoms with van der Waals surface area (Å²) < 4.78 is 41.2. The van der Waals surface area contributed by atoms with Gasteiger partial charge in [0.2, 0.25) is 0 Å². The molecule has 0 fully saturated rings. The number of alkyl halides is 3. The first-order chi connectivity index (χ1) is 9.39. The van der Waals surface area contributed by atoms with E-state index in [0.29, 0.717) is 10.5 Å². The SMILES string of the molecule is CC(C)C1=Cc2ccc(C(C)(C)C)cc2S1(Cl)C(F)(F)F. The summed E-state index contributed by atoms with van der Waals surface area (Å²) in [5.41, 5.74) is -3.17. The zero-order valence-electron chi connectivity index (χ0n) is 12.8. The van der Waals surface area contributed by atoms with Crippen molar-refractivity contribution in [3.05, 3.63) is 34.2 Å². The third kappa shape index (κ3) is 2.61. The lowest BCUT2D eigenvalue weighted by atomic mass is 9.86. The third-order valence-corrected chi connectivity index (χ3v) is 8.09. The lowest BCUT2D eigenvalue weighted by Crippen LogP contribution is -2.19. The molecule has 0 aromatic heterocycles. The number of halogens is 4. The zero-order chi connectivity index (χ0) is 16.2. The van der Waals surface area contributed by atoms with Crippen molar-refractivity contribution in [3.8, 4) is 0 Å². The summed E-state index contributed by atoms with van der Waals surface area (Å²) in [6.07, 6.45) is 1.63. The maximum Gasteiger partial charge on any atom is 0.445 e. The first-order valence-electron chi connectivity index (χ1n) is 6.84. The van der Waals surface area contributed by atoms with E-state index in [4.69, 9.17) is 10.7 Å². The van der Waals surface area contributed by atoms with E-state index in [1.54, 1.807) is 32.1 Å². The molecule has 0 saturated heterocycles. The van der Waals surface area contributed by atoms with E-state index in [-0.39, 0.29) is 16.2 Å². The Morgan fingerprint density at radius 1 is 1.10 bits per heavy atom. The predicted octanol–water partition coefficient (Wildman–Crippen LogP) is 6.83. The van der Waals surface area contributed by atoms with Gasteiger partial charge in [0.05, 0.1) is 0 Å². The molecule has 0 bridgehead atoms.